The van der Waals surface area contributed by atoms with E-state index in [4.69, 9.17) is 4.52 Å². The van der Waals surface area contributed by atoms with Gasteiger partial charge in [0.1, 0.15) is 0 Å². The summed E-state index contributed by atoms with van der Waals surface area (Å²) < 4.78 is 5.31. The molecule has 0 spiro atoms. The molecule has 4 heteroatoms. The van der Waals surface area contributed by atoms with Gasteiger partial charge >= 0.3 is 0 Å². The van der Waals surface area contributed by atoms with Crippen LogP contribution in [0.4, 0.5) is 0 Å². The average Bonchev–Trinajstić information content (AvgIpc) is 2.80. The minimum atomic E-state index is 0.233. The Kier molecular flexibility index (Phi) is 2.46. The van der Waals surface area contributed by atoms with E-state index in [1.54, 1.807) is 0 Å². The van der Waals surface area contributed by atoms with Crippen LogP contribution in [0.25, 0.3) is 0 Å². The molecule has 1 saturated heterocycles. The van der Waals surface area contributed by atoms with Crippen molar-refractivity contribution in [2.45, 2.75) is 44.4 Å². The Bertz CT molecular complexity index is 364. The van der Waals surface area contributed by atoms with E-state index in [0.29, 0.717) is 0 Å². The third kappa shape index (κ3) is 1.98. The Morgan fingerprint density at radius 2 is 2.38 bits per heavy atom. The first kappa shape index (κ1) is 10.3. The number of rotatable bonds is 4. The van der Waals surface area contributed by atoms with E-state index in [1.165, 1.54) is 25.7 Å². The highest BCUT2D eigenvalue weighted by Gasteiger charge is 2.43. The van der Waals surface area contributed by atoms with Gasteiger partial charge in [0.15, 0.2) is 5.82 Å². The van der Waals surface area contributed by atoms with Crippen LogP contribution in [0, 0.1) is 5.92 Å². The summed E-state index contributed by atoms with van der Waals surface area (Å²) in [6.45, 7) is 4.53. The third-order valence-corrected chi connectivity index (χ3v) is 3.94. The highest BCUT2D eigenvalue weighted by atomic mass is 16.5. The van der Waals surface area contributed by atoms with Gasteiger partial charge in [0.25, 0.3) is 0 Å². The van der Waals surface area contributed by atoms with Crippen LogP contribution in [0.5, 0.6) is 0 Å². The van der Waals surface area contributed by atoms with Crippen LogP contribution in [0.1, 0.15) is 44.3 Å². The average molecular weight is 221 g/mol. The van der Waals surface area contributed by atoms with Gasteiger partial charge in [-0.2, -0.15) is 4.98 Å². The van der Waals surface area contributed by atoms with Gasteiger partial charge in [0.05, 0.1) is 0 Å². The van der Waals surface area contributed by atoms with Crippen LogP contribution < -0.4 is 5.32 Å². The minimum absolute atomic E-state index is 0.233. The van der Waals surface area contributed by atoms with Gasteiger partial charge in [-0.3, -0.25) is 0 Å². The van der Waals surface area contributed by atoms with Crippen molar-refractivity contribution in [1.82, 2.24) is 15.5 Å². The summed E-state index contributed by atoms with van der Waals surface area (Å²) in [7, 11) is 0. The van der Waals surface area contributed by atoms with Gasteiger partial charge in [-0.05, 0) is 44.7 Å². The summed E-state index contributed by atoms with van der Waals surface area (Å²) in [4.78, 5) is 4.51. The van der Waals surface area contributed by atoms with Crippen LogP contribution >= 0.6 is 0 Å². The lowest BCUT2D eigenvalue weighted by atomic mass is 10.0. The molecule has 4 nitrogen and oxygen atoms in total. The van der Waals surface area contributed by atoms with Crippen molar-refractivity contribution >= 4 is 0 Å². The molecule has 1 aliphatic heterocycles. The van der Waals surface area contributed by atoms with Crippen LogP contribution in [0.2, 0.25) is 0 Å². The largest absolute Gasteiger partial charge is 0.339 e. The molecule has 1 N–H and O–H groups in total. The zero-order valence-corrected chi connectivity index (χ0v) is 9.83. The van der Waals surface area contributed by atoms with E-state index in [-0.39, 0.29) is 5.41 Å². The fourth-order valence-corrected chi connectivity index (χ4v) is 2.30. The molecule has 1 saturated carbocycles. The first-order valence-electron chi connectivity index (χ1n) is 6.30. The van der Waals surface area contributed by atoms with Crippen LogP contribution in [0.15, 0.2) is 4.52 Å². The Hall–Kier alpha value is -0.900. The smallest absolute Gasteiger partial charge is 0.226 e. The molecule has 0 aromatic carbocycles. The van der Waals surface area contributed by atoms with E-state index in [0.717, 1.165) is 37.1 Å². The molecule has 0 radical (unpaired) electrons. The predicted octanol–water partition coefficient (Wildman–Crippen LogP) is 1.66. The molecule has 1 aromatic rings. The zero-order chi connectivity index (χ0) is 11.0. The molecule has 2 heterocycles. The molecular weight excluding hydrogens is 202 g/mol. The first-order valence-corrected chi connectivity index (χ1v) is 6.30. The topological polar surface area (TPSA) is 51.0 Å². The molecule has 3 rings (SSSR count). The molecule has 16 heavy (non-hydrogen) atoms. The maximum atomic E-state index is 5.31. The SMILES string of the molecule is CC1(c2noc(CCC3CCNC3)n2)CC1. The summed E-state index contributed by atoms with van der Waals surface area (Å²) >= 11 is 0. The molecule has 1 aromatic heterocycles. The van der Waals surface area contributed by atoms with Crippen molar-refractivity contribution in [3.8, 4) is 0 Å². The summed E-state index contributed by atoms with van der Waals surface area (Å²) in [5.74, 6) is 2.55. The monoisotopic (exact) mass is 221 g/mol. The fraction of sp³-hybridized carbons (Fsp3) is 0.833. The second-order valence-corrected chi connectivity index (χ2v) is 5.47. The summed E-state index contributed by atoms with van der Waals surface area (Å²) in [5.41, 5.74) is 0.233. The number of aromatic nitrogens is 2. The van der Waals surface area contributed by atoms with Gasteiger partial charge in [0, 0.05) is 11.8 Å². The normalized spacial score (nSPS) is 27.2. The lowest BCUT2D eigenvalue weighted by Gasteiger charge is -2.04. The summed E-state index contributed by atoms with van der Waals surface area (Å²) in [5, 5.41) is 7.47. The van der Waals surface area contributed by atoms with Crippen molar-refractivity contribution < 1.29 is 4.52 Å². The predicted molar refractivity (Wildman–Crippen MR) is 60.2 cm³/mol. The van der Waals surface area contributed by atoms with Crippen molar-refractivity contribution in [3.05, 3.63) is 11.7 Å². The van der Waals surface area contributed by atoms with E-state index in [1.807, 2.05) is 0 Å². The number of aryl methyl sites for hydroxylation is 1. The van der Waals surface area contributed by atoms with Gasteiger partial charge in [0.2, 0.25) is 5.89 Å². The number of hydrogen-bond acceptors (Lipinski definition) is 4. The molecule has 0 bridgehead atoms. The molecule has 2 aliphatic rings. The van der Waals surface area contributed by atoms with E-state index >= 15 is 0 Å². The van der Waals surface area contributed by atoms with Gasteiger partial charge in [-0.1, -0.05) is 12.1 Å². The molecular formula is C12H19N3O. The number of hydrogen-bond donors (Lipinski definition) is 1. The Balaban J connectivity index is 1.56. The number of nitrogens with zero attached hydrogens (tertiary/aromatic N) is 2. The van der Waals surface area contributed by atoms with Crippen LogP contribution in [0.3, 0.4) is 0 Å². The highest BCUT2D eigenvalue weighted by Crippen LogP contribution is 2.45. The molecule has 2 fully saturated rings. The molecule has 0 amide bonds. The Morgan fingerprint density at radius 3 is 3.06 bits per heavy atom. The van der Waals surface area contributed by atoms with Gasteiger partial charge < -0.3 is 9.84 Å². The zero-order valence-electron chi connectivity index (χ0n) is 9.83. The Labute approximate surface area is 95.8 Å². The van der Waals surface area contributed by atoms with E-state index in [2.05, 4.69) is 22.4 Å². The van der Waals surface area contributed by atoms with Crippen molar-refractivity contribution in [1.29, 1.82) is 0 Å². The fourth-order valence-electron chi connectivity index (χ4n) is 2.30. The second-order valence-electron chi connectivity index (χ2n) is 5.47. The van der Waals surface area contributed by atoms with E-state index in [9.17, 15) is 0 Å². The van der Waals surface area contributed by atoms with Crippen LogP contribution in [-0.2, 0) is 11.8 Å². The number of nitrogens with one attached hydrogen (secondary N) is 1. The van der Waals surface area contributed by atoms with Gasteiger partial charge in [-0.25, -0.2) is 0 Å². The van der Waals surface area contributed by atoms with Crippen molar-refractivity contribution in [3.63, 3.8) is 0 Å². The second kappa shape index (κ2) is 3.84. The maximum absolute atomic E-state index is 5.31. The minimum Gasteiger partial charge on any atom is -0.339 e. The lowest BCUT2D eigenvalue weighted by Crippen LogP contribution is -2.09. The van der Waals surface area contributed by atoms with E-state index < -0.39 is 0 Å². The van der Waals surface area contributed by atoms with Crippen molar-refractivity contribution in [2.24, 2.45) is 5.92 Å². The third-order valence-electron chi connectivity index (χ3n) is 3.94. The molecule has 88 valence electrons. The van der Waals surface area contributed by atoms with Crippen molar-refractivity contribution in [2.75, 3.05) is 13.1 Å². The Morgan fingerprint density at radius 1 is 1.50 bits per heavy atom. The standard InChI is InChI=1S/C12H19N3O/c1-12(5-6-12)11-14-10(16-15-11)3-2-9-4-7-13-8-9/h9,13H,2-8H2,1H3. The summed E-state index contributed by atoms with van der Waals surface area (Å²) in [6, 6.07) is 0. The maximum Gasteiger partial charge on any atom is 0.226 e. The van der Waals surface area contributed by atoms with Gasteiger partial charge in [-0.15, -0.1) is 0 Å². The molecule has 1 atom stereocenters. The molecule has 1 aliphatic carbocycles. The lowest BCUT2D eigenvalue weighted by molar-refractivity contribution is 0.357. The first-order chi connectivity index (χ1) is 7.76. The quantitative estimate of drug-likeness (QED) is 0.840. The highest BCUT2D eigenvalue weighted by molar-refractivity contribution is 5.14. The van der Waals surface area contributed by atoms with Crippen LogP contribution in [-0.4, -0.2) is 23.2 Å². The molecule has 1 unspecified atom stereocenters. The summed E-state index contributed by atoms with van der Waals surface area (Å²) in [6.07, 6.45) is 5.82.